The van der Waals surface area contributed by atoms with Crippen LogP contribution in [0.25, 0.3) is 0 Å². The number of amides is 1. The highest BCUT2D eigenvalue weighted by molar-refractivity contribution is 6.33. The number of piperazine rings is 1. The van der Waals surface area contributed by atoms with Crippen molar-refractivity contribution in [1.29, 1.82) is 0 Å². The van der Waals surface area contributed by atoms with E-state index < -0.39 is 0 Å². The predicted octanol–water partition coefficient (Wildman–Crippen LogP) is 2.73. The predicted molar refractivity (Wildman–Crippen MR) is 96.1 cm³/mol. The van der Waals surface area contributed by atoms with Crippen LogP contribution in [0.2, 0.25) is 5.02 Å². The van der Waals surface area contributed by atoms with Gasteiger partial charge in [0.2, 0.25) is 0 Å². The maximum atomic E-state index is 12.4. The summed E-state index contributed by atoms with van der Waals surface area (Å²) in [5.41, 5.74) is 0.552. The van der Waals surface area contributed by atoms with Gasteiger partial charge in [-0.3, -0.25) is 9.69 Å². The van der Waals surface area contributed by atoms with E-state index in [4.69, 9.17) is 11.6 Å². The molecule has 1 atom stereocenters. The minimum Gasteiger partial charge on any atom is -0.350 e. The molecule has 1 saturated heterocycles. The Kier molecular flexibility index (Phi) is 6.88. The lowest BCUT2D eigenvalue weighted by molar-refractivity contribution is 0.0850. The van der Waals surface area contributed by atoms with Crippen LogP contribution < -0.4 is 5.32 Å². The van der Waals surface area contributed by atoms with Crippen LogP contribution in [0.4, 0.5) is 0 Å². The zero-order valence-electron chi connectivity index (χ0n) is 14.4. The Morgan fingerprint density at radius 2 is 1.87 bits per heavy atom. The van der Waals surface area contributed by atoms with Gasteiger partial charge in [0.05, 0.1) is 10.6 Å². The Morgan fingerprint density at radius 3 is 2.48 bits per heavy atom. The fourth-order valence-corrected chi connectivity index (χ4v) is 3.27. The molecule has 1 heterocycles. The highest BCUT2D eigenvalue weighted by Gasteiger charge is 2.24. The molecule has 0 spiro atoms. The van der Waals surface area contributed by atoms with Gasteiger partial charge in [-0.25, -0.2) is 0 Å². The third-order valence-corrected chi connectivity index (χ3v) is 4.74. The number of carbonyl (C=O) groups is 1. The monoisotopic (exact) mass is 337 g/mol. The molecular formula is C18H28ClN3O. The molecule has 1 unspecified atom stereocenters. The van der Waals surface area contributed by atoms with Crippen LogP contribution in [-0.2, 0) is 0 Å². The summed E-state index contributed by atoms with van der Waals surface area (Å²) in [7, 11) is 2.16. The molecule has 128 valence electrons. The first-order valence-electron chi connectivity index (χ1n) is 8.42. The molecule has 0 radical (unpaired) electrons. The van der Waals surface area contributed by atoms with E-state index in [1.54, 1.807) is 12.1 Å². The Bertz CT molecular complexity index is 513. The highest BCUT2D eigenvalue weighted by atomic mass is 35.5. The quantitative estimate of drug-likeness (QED) is 0.867. The molecule has 0 saturated carbocycles. The van der Waals surface area contributed by atoms with Gasteiger partial charge in [0.15, 0.2) is 0 Å². The minimum absolute atomic E-state index is 0.0847. The number of benzene rings is 1. The fourth-order valence-electron chi connectivity index (χ4n) is 3.04. The largest absolute Gasteiger partial charge is 0.350 e. The first kappa shape index (κ1) is 18.2. The van der Waals surface area contributed by atoms with E-state index in [-0.39, 0.29) is 5.91 Å². The second-order valence-corrected chi connectivity index (χ2v) is 7.22. The van der Waals surface area contributed by atoms with Crippen molar-refractivity contribution in [2.75, 3.05) is 39.8 Å². The second kappa shape index (κ2) is 8.67. The van der Waals surface area contributed by atoms with Crippen molar-refractivity contribution in [3.8, 4) is 0 Å². The van der Waals surface area contributed by atoms with Crippen LogP contribution in [0, 0.1) is 5.92 Å². The SMILES string of the molecule is CC(C)CC(CNC(=O)c1ccccc1Cl)N1CCN(C)CC1. The van der Waals surface area contributed by atoms with Crippen LogP contribution in [0.15, 0.2) is 24.3 Å². The lowest BCUT2D eigenvalue weighted by Gasteiger charge is -2.38. The van der Waals surface area contributed by atoms with Crippen molar-refractivity contribution < 1.29 is 4.79 Å². The van der Waals surface area contributed by atoms with Gasteiger partial charge < -0.3 is 10.2 Å². The first-order chi connectivity index (χ1) is 11.0. The Balaban J connectivity index is 1.95. The van der Waals surface area contributed by atoms with Gasteiger partial charge in [-0.2, -0.15) is 0 Å². The van der Waals surface area contributed by atoms with Gasteiger partial charge in [0.25, 0.3) is 5.91 Å². The number of likely N-dealkylation sites (N-methyl/N-ethyl adjacent to an activating group) is 1. The average Bonchev–Trinajstić information content (AvgIpc) is 2.52. The normalized spacial score (nSPS) is 18.1. The molecule has 1 amide bonds. The second-order valence-electron chi connectivity index (χ2n) is 6.81. The van der Waals surface area contributed by atoms with Crippen molar-refractivity contribution >= 4 is 17.5 Å². The van der Waals surface area contributed by atoms with Gasteiger partial charge in [-0.15, -0.1) is 0 Å². The summed E-state index contributed by atoms with van der Waals surface area (Å²) < 4.78 is 0. The van der Waals surface area contributed by atoms with Crippen molar-refractivity contribution in [3.05, 3.63) is 34.9 Å². The van der Waals surface area contributed by atoms with E-state index in [1.165, 1.54) is 0 Å². The molecule has 1 N–H and O–H groups in total. The molecule has 23 heavy (non-hydrogen) atoms. The van der Waals surface area contributed by atoms with E-state index in [0.717, 1.165) is 32.6 Å². The third-order valence-electron chi connectivity index (χ3n) is 4.41. The zero-order valence-corrected chi connectivity index (χ0v) is 15.1. The molecule has 2 rings (SSSR count). The molecule has 1 aliphatic heterocycles. The lowest BCUT2D eigenvalue weighted by Crippen LogP contribution is -2.52. The van der Waals surface area contributed by atoms with Crippen molar-refractivity contribution in [2.45, 2.75) is 26.3 Å². The van der Waals surface area contributed by atoms with Gasteiger partial charge >= 0.3 is 0 Å². The fraction of sp³-hybridized carbons (Fsp3) is 0.611. The maximum Gasteiger partial charge on any atom is 0.252 e. The van der Waals surface area contributed by atoms with E-state index in [2.05, 4.69) is 36.0 Å². The minimum atomic E-state index is -0.0847. The van der Waals surface area contributed by atoms with E-state index in [9.17, 15) is 4.79 Å². The van der Waals surface area contributed by atoms with Crippen molar-refractivity contribution in [2.24, 2.45) is 5.92 Å². The topological polar surface area (TPSA) is 35.6 Å². The van der Waals surface area contributed by atoms with Crippen LogP contribution >= 0.6 is 11.6 Å². The number of halogens is 1. The third kappa shape index (κ3) is 5.48. The molecule has 1 aliphatic rings. The molecule has 1 aromatic carbocycles. The summed E-state index contributed by atoms with van der Waals surface area (Å²) in [5.74, 6) is 0.523. The van der Waals surface area contributed by atoms with Gasteiger partial charge in [0, 0.05) is 38.8 Å². The number of nitrogens with zero attached hydrogens (tertiary/aromatic N) is 2. The van der Waals surface area contributed by atoms with Crippen LogP contribution in [0.1, 0.15) is 30.6 Å². The van der Waals surface area contributed by atoms with Crippen molar-refractivity contribution in [3.63, 3.8) is 0 Å². The standard InChI is InChI=1S/C18H28ClN3O/c1-14(2)12-15(22-10-8-21(3)9-11-22)13-20-18(23)16-6-4-5-7-17(16)19/h4-7,14-15H,8-13H2,1-3H3,(H,20,23). The maximum absolute atomic E-state index is 12.4. The Hall–Kier alpha value is -1.10. The molecule has 0 aromatic heterocycles. The van der Waals surface area contributed by atoms with Gasteiger partial charge in [-0.1, -0.05) is 37.6 Å². The zero-order chi connectivity index (χ0) is 16.8. The van der Waals surface area contributed by atoms with Gasteiger partial charge in [0.1, 0.15) is 0 Å². The van der Waals surface area contributed by atoms with E-state index in [1.807, 2.05) is 12.1 Å². The summed E-state index contributed by atoms with van der Waals surface area (Å²) in [6.45, 7) is 9.45. The number of nitrogens with one attached hydrogen (secondary N) is 1. The molecular weight excluding hydrogens is 310 g/mol. The van der Waals surface area contributed by atoms with Gasteiger partial charge in [-0.05, 0) is 31.5 Å². The van der Waals surface area contributed by atoms with Crippen molar-refractivity contribution in [1.82, 2.24) is 15.1 Å². The first-order valence-corrected chi connectivity index (χ1v) is 8.80. The number of hydrogen-bond donors (Lipinski definition) is 1. The summed E-state index contributed by atoms with van der Waals surface area (Å²) in [6, 6.07) is 7.58. The molecule has 0 aliphatic carbocycles. The Labute approximate surface area is 144 Å². The van der Waals surface area contributed by atoms with Crippen LogP contribution in [0.3, 0.4) is 0 Å². The summed E-state index contributed by atoms with van der Waals surface area (Å²) in [5, 5.41) is 3.58. The molecule has 0 bridgehead atoms. The smallest absolute Gasteiger partial charge is 0.252 e. The average molecular weight is 338 g/mol. The highest BCUT2D eigenvalue weighted by Crippen LogP contribution is 2.16. The molecule has 1 fully saturated rings. The summed E-state index contributed by atoms with van der Waals surface area (Å²) in [4.78, 5) is 17.2. The molecule has 5 heteroatoms. The summed E-state index contributed by atoms with van der Waals surface area (Å²) in [6.07, 6.45) is 1.09. The lowest BCUT2D eigenvalue weighted by atomic mass is 10.0. The number of carbonyl (C=O) groups excluding carboxylic acids is 1. The number of hydrogen-bond acceptors (Lipinski definition) is 3. The molecule has 4 nitrogen and oxygen atoms in total. The van der Waals surface area contributed by atoms with E-state index in [0.29, 0.717) is 29.1 Å². The number of rotatable bonds is 6. The van der Waals surface area contributed by atoms with E-state index >= 15 is 0 Å². The Morgan fingerprint density at radius 1 is 1.22 bits per heavy atom. The molecule has 1 aromatic rings. The summed E-state index contributed by atoms with van der Waals surface area (Å²) >= 11 is 6.11. The van der Waals surface area contributed by atoms with Crippen LogP contribution in [0.5, 0.6) is 0 Å². The van der Waals surface area contributed by atoms with Crippen LogP contribution in [-0.4, -0.2) is 61.5 Å².